The molecule has 7 aromatic carbocycles. The maximum absolute atomic E-state index is 2.48. The van der Waals surface area contributed by atoms with Gasteiger partial charge in [0.2, 0.25) is 0 Å². The molecule has 0 nitrogen and oxygen atoms in total. The molecule has 0 bridgehead atoms. The third-order valence-electron chi connectivity index (χ3n) is 11.0. The van der Waals surface area contributed by atoms with Gasteiger partial charge < -0.3 is 0 Å². The molecule has 3 aliphatic carbocycles. The van der Waals surface area contributed by atoms with Crippen molar-refractivity contribution in [3.8, 4) is 33.4 Å². The van der Waals surface area contributed by atoms with Gasteiger partial charge in [-0.15, -0.1) is 11.3 Å². The van der Waals surface area contributed by atoms with E-state index in [4.69, 9.17) is 0 Å². The Balaban J connectivity index is 1.13. The Morgan fingerprint density at radius 1 is 0.469 bits per heavy atom. The van der Waals surface area contributed by atoms with Gasteiger partial charge in [-0.25, -0.2) is 0 Å². The third-order valence-corrected chi connectivity index (χ3v) is 12.2. The van der Waals surface area contributed by atoms with Crippen molar-refractivity contribution in [1.29, 1.82) is 0 Å². The Hall–Kier alpha value is -5.76. The molecule has 11 rings (SSSR count). The zero-order chi connectivity index (χ0) is 32.1. The fourth-order valence-corrected chi connectivity index (χ4v) is 9.91. The summed E-state index contributed by atoms with van der Waals surface area (Å²) < 4.78 is 2.66. The van der Waals surface area contributed by atoms with Crippen LogP contribution in [0.2, 0.25) is 0 Å². The van der Waals surface area contributed by atoms with E-state index in [2.05, 4.69) is 170 Å². The molecule has 0 N–H and O–H groups in total. The summed E-state index contributed by atoms with van der Waals surface area (Å²) in [4.78, 5) is 0. The van der Waals surface area contributed by atoms with E-state index < -0.39 is 0 Å². The first kappa shape index (κ1) is 27.2. The van der Waals surface area contributed by atoms with Crippen LogP contribution < -0.4 is 0 Å². The largest absolute Gasteiger partial charge is 0.135 e. The molecule has 1 aromatic heterocycles. The van der Waals surface area contributed by atoms with Crippen LogP contribution in [0.4, 0.5) is 0 Å². The van der Waals surface area contributed by atoms with Crippen molar-refractivity contribution in [2.24, 2.45) is 5.92 Å². The highest BCUT2D eigenvalue weighted by Crippen LogP contribution is 2.54. The molecule has 49 heavy (non-hydrogen) atoms. The molecule has 1 heteroatoms. The Morgan fingerprint density at radius 2 is 1.31 bits per heavy atom. The molecular formula is C48H30S. The number of thiophene rings is 1. The first-order valence-electron chi connectivity index (χ1n) is 17.2. The van der Waals surface area contributed by atoms with Gasteiger partial charge in [0.25, 0.3) is 0 Å². The lowest BCUT2D eigenvalue weighted by Gasteiger charge is -2.25. The lowest BCUT2D eigenvalue weighted by atomic mass is 9.78. The number of fused-ring (bicyclic) bond motifs is 9. The fourth-order valence-electron chi connectivity index (χ4n) is 8.80. The summed E-state index contributed by atoms with van der Waals surface area (Å²) in [6.45, 7) is 0. The Kier molecular flexibility index (Phi) is 5.76. The molecule has 2 atom stereocenters. The number of benzene rings is 7. The molecule has 1 heterocycles. The predicted octanol–water partition coefficient (Wildman–Crippen LogP) is 13.5. The topological polar surface area (TPSA) is 0 Å². The summed E-state index contributed by atoms with van der Waals surface area (Å²) in [7, 11) is 0. The van der Waals surface area contributed by atoms with Crippen LogP contribution in [0.3, 0.4) is 0 Å². The van der Waals surface area contributed by atoms with Gasteiger partial charge >= 0.3 is 0 Å². The van der Waals surface area contributed by atoms with Gasteiger partial charge in [-0.3, -0.25) is 0 Å². The second-order valence-electron chi connectivity index (χ2n) is 13.6. The van der Waals surface area contributed by atoms with Crippen LogP contribution in [0.1, 0.15) is 17.0 Å². The minimum absolute atomic E-state index is 0.400. The fraction of sp³-hybridized carbons (Fsp3) is 0.0417. The van der Waals surface area contributed by atoms with Crippen molar-refractivity contribution >= 4 is 58.6 Å². The van der Waals surface area contributed by atoms with Crippen molar-refractivity contribution in [2.75, 3.05) is 0 Å². The Bertz CT molecular complexity index is 2820. The monoisotopic (exact) mass is 638 g/mol. The molecule has 8 aromatic rings. The quantitative estimate of drug-likeness (QED) is 0.169. The lowest BCUT2D eigenvalue weighted by Crippen LogP contribution is -2.11. The number of rotatable bonds is 3. The van der Waals surface area contributed by atoms with Crippen LogP contribution in [0.25, 0.3) is 80.7 Å². The molecule has 2 unspecified atom stereocenters. The maximum atomic E-state index is 2.48. The average Bonchev–Trinajstić information content (AvgIpc) is 3.71. The smallest absolute Gasteiger partial charge is 0.0361 e. The zero-order valence-electron chi connectivity index (χ0n) is 26.7. The average molecular weight is 639 g/mol. The first-order valence-corrected chi connectivity index (χ1v) is 18.0. The summed E-state index contributed by atoms with van der Waals surface area (Å²) in [6.07, 6.45) is 13.8. The van der Waals surface area contributed by atoms with Crippen molar-refractivity contribution < 1.29 is 0 Å². The molecule has 0 aliphatic heterocycles. The standard InChI is InChI=1S/C48H30S/c1-2-9-29(10-3-1)40-25-33-20-19-30-11-4-5-14-35(30)41(33)28-42(40)34-22-24-45-44(27-34)48-36(15-8-18-46(48)49-45)32-21-23-37-38-16-6-12-31-13-7-17-39(47(31)38)43(37)26-32/h1-28,39,47H. The van der Waals surface area contributed by atoms with Gasteiger partial charge in [-0.05, 0) is 114 Å². The minimum Gasteiger partial charge on any atom is -0.135 e. The van der Waals surface area contributed by atoms with Crippen LogP contribution in [0, 0.1) is 5.92 Å². The molecule has 0 spiro atoms. The SMILES string of the molecule is C1=CC2=CC=CC3c4cc(-c5cccc6sc7ccc(-c8cc9c(ccc%10ccccc%109)cc8-c8ccccc8)cc7c56)ccc4C(=C1)C23. The minimum atomic E-state index is 0.400. The third kappa shape index (κ3) is 4.03. The Morgan fingerprint density at radius 3 is 2.27 bits per heavy atom. The molecule has 0 fully saturated rings. The molecule has 0 saturated heterocycles. The molecule has 228 valence electrons. The van der Waals surface area contributed by atoms with E-state index in [1.165, 1.54) is 97.4 Å². The van der Waals surface area contributed by atoms with E-state index >= 15 is 0 Å². The van der Waals surface area contributed by atoms with E-state index in [0.29, 0.717) is 11.8 Å². The number of hydrogen-bond acceptors (Lipinski definition) is 1. The second-order valence-corrected chi connectivity index (χ2v) is 14.7. The lowest BCUT2D eigenvalue weighted by molar-refractivity contribution is 0.722. The van der Waals surface area contributed by atoms with E-state index in [0.717, 1.165) is 0 Å². The molecule has 3 aliphatic rings. The highest BCUT2D eigenvalue weighted by molar-refractivity contribution is 7.26. The Labute approximate surface area is 289 Å². The first-order chi connectivity index (χ1) is 24.3. The van der Waals surface area contributed by atoms with Gasteiger partial charge in [-0.1, -0.05) is 134 Å². The molecule has 0 radical (unpaired) electrons. The molecule has 0 saturated carbocycles. The summed E-state index contributed by atoms with van der Waals surface area (Å²) in [5, 5.41) is 7.81. The van der Waals surface area contributed by atoms with E-state index in [1.54, 1.807) is 0 Å². The van der Waals surface area contributed by atoms with Gasteiger partial charge in [0.1, 0.15) is 0 Å². The normalized spacial score (nSPS) is 17.5. The molecule has 0 amide bonds. The summed E-state index contributed by atoms with van der Waals surface area (Å²) in [5.74, 6) is 0.843. The zero-order valence-corrected chi connectivity index (χ0v) is 27.5. The van der Waals surface area contributed by atoms with Crippen molar-refractivity contribution in [2.45, 2.75) is 5.92 Å². The number of hydrogen-bond donors (Lipinski definition) is 0. The summed E-state index contributed by atoms with van der Waals surface area (Å²) in [6, 6.07) is 50.1. The number of allylic oxidation sites excluding steroid dienone is 8. The van der Waals surface area contributed by atoms with Gasteiger partial charge in [-0.2, -0.15) is 0 Å². The van der Waals surface area contributed by atoms with Crippen LogP contribution in [0.15, 0.2) is 175 Å². The van der Waals surface area contributed by atoms with E-state index in [9.17, 15) is 0 Å². The molecular weight excluding hydrogens is 609 g/mol. The highest BCUT2D eigenvalue weighted by atomic mass is 32.1. The highest BCUT2D eigenvalue weighted by Gasteiger charge is 2.38. The van der Waals surface area contributed by atoms with Crippen LogP contribution >= 0.6 is 11.3 Å². The van der Waals surface area contributed by atoms with Crippen LogP contribution in [-0.4, -0.2) is 0 Å². The van der Waals surface area contributed by atoms with E-state index in [-0.39, 0.29) is 0 Å². The summed E-state index contributed by atoms with van der Waals surface area (Å²) >= 11 is 1.90. The summed E-state index contributed by atoms with van der Waals surface area (Å²) in [5.41, 5.74) is 13.4. The maximum Gasteiger partial charge on any atom is 0.0361 e. The van der Waals surface area contributed by atoms with Gasteiger partial charge in [0.15, 0.2) is 0 Å². The van der Waals surface area contributed by atoms with Gasteiger partial charge in [0, 0.05) is 32.0 Å². The van der Waals surface area contributed by atoms with Crippen LogP contribution in [0.5, 0.6) is 0 Å². The van der Waals surface area contributed by atoms with E-state index in [1.807, 2.05) is 11.3 Å². The van der Waals surface area contributed by atoms with Crippen LogP contribution in [-0.2, 0) is 0 Å². The predicted molar refractivity (Wildman–Crippen MR) is 211 cm³/mol. The van der Waals surface area contributed by atoms with Crippen molar-refractivity contribution in [1.82, 2.24) is 0 Å². The second kappa shape index (κ2) is 10.4. The van der Waals surface area contributed by atoms with Gasteiger partial charge in [0.05, 0.1) is 0 Å². The van der Waals surface area contributed by atoms with Crippen molar-refractivity contribution in [3.05, 3.63) is 187 Å². The van der Waals surface area contributed by atoms with Crippen molar-refractivity contribution in [3.63, 3.8) is 0 Å².